The summed E-state index contributed by atoms with van der Waals surface area (Å²) in [6, 6.07) is 8.13. The standard InChI is InChI=1S/C11H8Cl2N2S/c1-15-10(12)9-8(14-11(15)13)6-4-2-3-5-7(6)16-9/h2-5,11H,1H3. The van der Waals surface area contributed by atoms with Gasteiger partial charge in [0.15, 0.2) is 5.62 Å². The Morgan fingerprint density at radius 2 is 2.12 bits per heavy atom. The van der Waals surface area contributed by atoms with Crippen molar-refractivity contribution in [2.24, 2.45) is 4.99 Å². The molecule has 16 heavy (non-hydrogen) atoms. The fourth-order valence-electron chi connectivity index (χ4n) is 1.75. The predicted octanol–water partition coefficient (Wildman–Crippen LogP) is 2.29. The minimum absolute atomic E-state index is 0.419. The second-order valence-electron chi connectivity index (χ2n) is 3.62. The molecule has 0 bridgehead atoms. The van der Waals surface area contributed by atoms with Crippen molar-refractivity contribution in [1.82, 2.24) is 4.90 Å². The van der Waals surface area contributed by atoms with Crippen LogP contribution < -0.4 is 9.89 Å². The number of thiophene rings is 1. The first-order valence-corrected chi connectivity index (χ1v) is 6.43. The van der Waals surface area contributed by atoms with Gasteiger partial charge in [0.2, 0.25) is 0 Å². The molecule has 2 heterocycles. The summed E-state index contributed by atoms with van der Waals surface area (Å²) in [7, 11) is 1.84. The summed E-state index contributed by atoms with van der Waals surface area (Å²) in [5.41, 5.74) is -0.419. The largest absolute Gasteiger partial charge is 0.330 e. The van der Waals surface area contributed by atoms with Crippen LogP contribution in [0.5, 0.6) is 0 Å². The van der Waals surface area contributed by atoms with Crippen LogP contribution in [0.1, 0.15) is 0 Å². The molecule has 3 rings (SSSR count). The number of benzene rings is 1. The molecular formula is C11H8Cl2N2S. The van der Waals surface area contributed by atoms with E-state index >= 15 is 0 Å². The van der Waals surface area contributed by atoms with E-state index in [1.165, 1.54) is 4.70 Å². The van der Waals surface area contributed by atoms with Gasteiger partial charge in [0.05, 0.1) is 9.89 Å². The van der Waals surface area contributed by atoms with Gasteiger partial charge in [-0.1, -0.05) is 41.4 Å². The molecule has 0 saturated carbocycles. The van der Waals surface area contributed by atoms with Crippen molar-refractivity contribution in [1.29, 1.82) is 0 Å². The fourth-order valence-corrected chi connectivity index (χ4v) is 3.42. The first kappa shape index (κ1) is 10.4. The van der Waals surface area contributed by atoms with Gasteiger partial charge in [0, 0.05) is 17.1 Å². The van der Waals surface area contributed by atoms with Crippen LogP contribution in [0.2, 0.25) is 0 Å². The first-order valence-electron chi connectivity index (χ1n) is 4.80. The highest BCUT2D eigenvalue weighted by Gasteiger charge is 2.19. The third-order valence-electron chi connectivity index (χ3n) is 2.62. The minimum Gasteiger partial charge on any atom is -0.330 e. The van der Waals surface area contributed by atoms with Crippen molar-refractivity contribution in [3.05, 3.63) is 34.2 Å². The van der Waals surface area contributed by atoms with Crippen molar-refractivity contribution in [3.63, 3.8) is 0 Å². The lowest BCUT2D eigenvalue weighted by molar-refractivity contribution is 0.448. The van der Waals surface area contributed by atoms with Gasteiger partial charge in [-0.3, -0.25) is 0 Å². The van der Waals surface area contributed by atoms with Crippen molar-refractivity contribution < 1.29 is 0 Å². The lowest BCUT2D eigenvalue weighted by atomic mass is 10.2. The zero-order valence-corrected chi connectivity index (χ0v) is 10.8. The predicted molar refractivity (Wildman–Crippen MR) is 69.3 cm³/mol. The second kappa shape index (κ2) is 3.62. The quantitative estimate of drug-likeness (QED) is 0.530. The summed E-state index contributed by atoms with van der Waals surface area (Å²) in [5.74, 6) is 0. The van der Waals surface area contributed by atoms with Gasteiger partial charge in [-0.25, -0.2) is 4.99 Å². The Balaban J connectivity index is 2.54. The van der Waals surface area contributed by atoms with E-state index < -0.39 is 5.62 Å². The highest BCUT2D eigenvalue weighted by Crippen LogP contribution is 2.21. The summed E-state index contributed by atoms with van der Waals surface area (Å²) in [6.45, 7) is 0. The Morgan fingerprint density at radius 1 is 1.38 bits per heavy atom. The molecule has 0 amide bonds. The highest BCUT2D eigenvalue weighted by molar-refractivity contribution is 7.17. The third kappa shape index (κ3) is 1.35. The van der Waals surface area contributed by atoms with Crippen LogP contribution in [-0.4, -0.2) is 17.6 Å². The van der Waals surface area contributed by atoms with E-state index in [0.717, 1.165) is 15.3 Å². The van der Waals surface area contributed by atoms with E-state index in [0.29, 0.717) is 5.16 Å². The molecule has 2 nitrogen and oxygen atoms in total. The maximum atomic E-state index is 6.27. The molecule has 1 aromatic carbocycles. The van der Waals surface area contributed by atoms with Crippen molar-refractivity contribution >= 4 is 49.8 Å². The summed E-state index contributed by atoms with van der Waals surface area (Å²) in [4.78, 5) is 6.23. The number of fused-ring (bicyclic) bond motifs is 3. The van der Waals surface area contributed by atoms with E-state index in [-0.39, 0.29) is 0 Å². The highest BCUT2D eigenvalue weighted by atomic mass is 35.5. The summed E-state index contributed by atoms with van der Waals surface area (Å²) in [5, 5.41) is 2.72. The van der Waals surface area contributed by atoms with Gasteiger partial charge < -0.3 is 4.90 Å². The van der Waals surface area contributed by atoms with E-state index in [2.05, 4.69) is 11.1 Å². The smallest absolute Gasteiger partial charge is 0.198 e. The van der Waals surface area contributed by atoms with Crippen molar-refractivity contribution in [2.45, 2.75) is 5.62 Å². The van der Waals surface area contributed by atoms with Crippen LogP contribution in [-0.2, 0) is 0 Å². The third-order valence-corrected chi connectivity index (χ3v) is 4.75. The number of rotatable bonds is 0. The lowest BCUT2D eigenvalue weighted by Crippen LogP contribution is -2.38. The minimum atomic E-state index is -0.419. The molecule has 1 atom stereocenters. The van der Waals surface area contributed by atoms with Crippen LogP contribution in [0, 0.1) is 0 Å². The van der Waals surface area contributed by atoms with Crippen LogP contribution in [0.3, 0.4) is 0 Å². The Morgan fingerprint density at radius 3 is 2.94 bits per heavy atom. The van der Waals surface area contributed by atoms with Crippen LogP contribution in [0.4, 0.5) is 0 Å². The summed E-state index contributed by atoms with van der Waals surface area (Å²) >= 11 is 14.0. The normalized spacial score (nSPS) is 19.8. The summed E-state index contributed by atoms with van der Waals surface area (Å²) in [6.07, 6.45) is 0. The Bertz CT molecular complexity index is 677. The molecule has 1 aliphatic rings. The topological polar surface area (TPSA) is 15.6 Å². The zero-order chi connectivity index (χ0) is 11.3. The molecule has 0 spiro atoms. The molecule has 1 aliphatic heterocycles. The molecule has 0 fully saturated rings. The first-order chi connectivity index (χ1) is 7.68. The monoisotopic (exact) mass is 270 g/mol. The van der Waals surface area contributed by atoms with Crippen LogP contribution >= 0.6 is 34.5 Å². The van der Waals surface area contributed by atoms with Crippen LogP contribution in [0.25, 0.3) is 15.2 Å². The molecule has 82 valence electrons. The molecule has 0 saturated heterocycles. The fraction of sp³-hybridized carbons (Fsp3) is 0.182. The van der Waals surface area contributed by atoms with E-state index in [1.807, 2.05) is 25.2 Å². The number of hydrogen-bond donors (Lipinski definition) is 0. The number of halogens is 2. The van der Waals surface area contributed by atoms with Gasteiger partial charge in [-0.15, -0.1) is 11.3 Å². The second-order valence-corrected chi connectivity index (χ2v) is 5.42. The maximum Gasteiger partial charge on any atom is 0.198 e. The lowest BCUT2D eigenvalue weighted by Gasteiger charge is -2.22. The van der Waals surface area contributed by atoms with E-state index in [9.17, 15) is 0 Å². The molecule has 0 N–H and O–H groups in total. The Kier molecular flexibility index (Phi) is 2.35. The number of alkyl halides is 1. The SMILES string of the molecule is CN1C(Cl)=c2sc3ccccc3c2=NC1Cl. The van der Waals surface area contributed by atoms with Gasteiger partial charge in [-0.05, 0) is 6.07 Å². The Hall–Kier alpha value is -0.770. The van der Waals surface area contributed by atoms with E-state index in [1.54, 1.807) is 16.2 Å². The van der Waals surface area contributed by atoms with E-state index in [4.69, 9.17) is 23.2 Å². The van der Waals surface area contributed by atoms with Gasteiger partial charge in [0.25, 0.3) is 0 Å². The maximum absolute atomic E-state index is 6.27. The summed E-state index contributed by atoms with van der Waals surface area (Å²) < 4.78 is 2.19. The zero-order valence-electron chi connectivity index (χ0n) is 8.45. The molecule has 0 aliphatic carbocycles. The van der Waals surface area contributed by atoms with Gasteiger partial charge in [0.1, 0.15) is 5.16 Å². The average Bonchev–Trinajstić information content (AvgIpc) is 2.65. The molecule has 2 aromatic rings. The molecular weight excluding hydrogens is 263 g/mol. The molecule has 5 heteroatoms. The van der Waals surface area contributed by atoms with Crippen molar-refractivity contribution in [2.75, 3.05) is 7.05 Å². The average molecular weight is 271 g/mol. The number of nitrogens with zero attached hydrogens (tertiary/aromatic N) is 2. The molecule has 1 unspecified atom stereocenters. The van der Waals surface area contributed by atoms with Crippen molar-refractivity contribution in [3.8, 4) is 0 Å². The molecule has 0 radical (unpaired) electrons. The van der Waals surface area contributed by atoms with Gasteiger partial charge >= 0.3 is 0 Å². The Labute approximate surface area is 106 Å². The molecule has 1 aromatic heterocycles. The van der Waals surface area contributed by atoms with Gasteiger partial charge in [-0.2, -0.15) is 0 Å². The number of hydrogen-bond acceptors (Lipinski definition) is 3. The van der Waals surface area contributed by atoms with Crippen LogP contribution in [0.15, 0.2) is 29.3 Å².